The smallest absolute Gasteiger partial charge is 0.289 e. The Morgan fingerprint density at radius 3 is 2.57 bits per heavy atom. The van der Waals surface area contributed by atoms with Gasteiger partial charge in [-0.1, -0.05) is 30.3 Å². The van der Waals surface area contributed by atoms with Gasteiger partial charge in [-0.2, -0.15) is 0 Å². The fraction of sp³-hybridized carbons (Fsp3) is 0.348. The summed E-state index contributed by atoms with van der Waals surface area (Å²) in [7, 11) is -3.33. The molecule has 158 valence electrons. The number of carbonyl (C=O) groups is 1. The van der Waals surface area contributed by atoms with Gasteiger partial charge < -0.3 is 9.32 Å². The number of benzene rings is 2. The van der Waals surface area contributed by atoms with Crippen molar-refractivity contribution in [3.05, 3.63) is 71.2 Å². The highest BCUT2D eigenvalue weighted by atomic mass is 32.2. The highest BCUT2D eigenvalue weighted by Gasteiger charge is 2.29. The third-order valence-electron chi connectivity index (χ3n) is 5.61. The van der Waals surface area contributed by atoms with Crippen molar-refractivity contribution >= 4 is 26.7 Å². The van der Waals surface area contributed by atoms with Crippen LogP contribution in [-0.4, -0.2) is 38.6 Å². The van der Waals surface area contributed by atoms with Crippen molar-refractivity contribution in [2.45, 2.75) is 25.0 Å². The van der Waals surface area contributed by atoms with Crippen molar-refractivity contribution in [2.24, 2.45) is 5.92 Å². The predicted octanol–water partition coefficient (Wildman–Crippen LogP) is 4.21. The molecule has 0 saturated carbocycles. The maximum Gasteiger partial charge on any atom is 0.289 e. The summed E-state index contributed by atoms with van der Waals surface area (Å²) in [5.74, 6) is -0.245. The number of carbonyl (C=O) groups excluding carboxylic acids is 1. The van der Waals surface area contributed by atoms with Crippen molar-refractivity contribution in [2.75, 3.05) is 19.3 Å². The van der Waals surface area contributed by atoms with Crippen LogP contribution in [-0.2, 0) is 22.0 Å². The monoisotopic (exact) mass is 429 g/mol. The number of piperidine rings is 1. The maximum absolute atomic E-state index is 13.4. The van der Waals surface area contributed by atoms with Gasteiger partial charge in [0, 0.05) is 30.3 Å². The molecule has 0 N–H and O–H groups in total. The highest BCUT2D eigenvalue weighted by Crippen LogP contribution is 2.30. The summed E-state index contributed by atoms with van der Waals surface area (Å²) < 4.78 is 43.1. The van der Waals surface area contributed by atoms with Gasteiger partial charge in [-0.15, -0.1) is 0 Å². The molecule has 0 radical (unpaired) electrons. The number of nitrogens with zero attached hydrogens (tertiary/aromatic N) is 1. The highest BCUT2D eigenvalue weighted by molar-refractivity contribution is 7.89. The number of amides is 1. The summed E-state index contributed by atoms with van der Waals surface area (Å²) in [6.45, 7) is 1.13. The Balaban J connectivity index is 1.50. The molecule has 2 aromatic carbocycles. The van der Waals surface area contributed by atoms with Gasteiger partial charge >= 0.3 is 0 Å². The first-order chi connectivity index (χ1) is 14.3. The Morgan fingerprint density at radius 1 is 1.13 bits per heavy atom. The molecule has 1 fully saturated rings. The third-order valence-corrected chi connectivity index (χ3v) is 6.43. The number of likely N-dealkylation sites (tertiary alicyclic amines) is 1. The van der Waals surface area contributed by atoms with E-state index in [1.807, 2.05) is 6.07 Å². The van der Waals surface area contributed by atoms with Crippen LogP contribution in [0.25, 0.3) is 11.0 Å². The zero-order valence-corrected chi connectivity index (χ0v) is 17.6. The zero-order valence-electron chi connectivity index (χ0n) is 16.8. The number of hydrogen-bond donors (Lipinski definition) is 0. The van der Waals surface area contributed by atoms with E-state index in [4.69, 9.17) is 4.42 Å². The van der Waals surface area contributed by atoms with Crippen LogP contribution in [0.15, 0.2) is 52.9 Å². The molecule has 0 spiro atoms. The molecule has 1 aromatic heterocycles. The molecule has 1 aliphatic heterocycles. The van der Waals surface area contributed by atoms with E-state index in [0.717, 1.165) is 31.1 Å². The molecule has 3 aromatic rings. The first kappa shape index (κ1) is 20.6. The van der Waals surface area contributed by atoms with Crippen LogP contribution in [0.1, 0.15) is 34.5 Å². The normalized spacial score (nSPS) is 15.6. The molecule has 0 atom stereocenters. The van der Waals surface area contributed by atoms with Gasteiger partial charge in [-0.25, -0.2) is 12.8 Å². The van der Waals surface area contributed by atoms with Crippen LogP contribution in [0.2, 0.25) is 0 Å². The summed E-state index contributed by atoms with van der Waals surface area (Å²) in [5.41, 5.74) is 1.91. The second-order valence-electron chi connectivity index (χ2n) is 8.05. The van der Waals surface area contributed by atoms with Gasteiger partial charge in [-0.05, 0) is 48.9 Å². The number of furan rings is 1. The van der Waals surface area contributed by atoms with Crippen molar-refractivity contribution < 1.29 is 22.0 Å². The van der Waals surface area contributed by atoms with E-state index in [1.165, 1.54) is 6.07 Å². The van der Waals surface area contributed by atoms with E-state index < -0.39 is 9.84 Å². The van der Waals surface area contributed by atoms with Gasteiger partial charge in [0.1, 0.15) is 11.4 Å². The van der Waals surface area contributed by atoms with Gasteiger partial charge in [0.2, 0.25) is 0 Å². The largest absolute Gasteiger partial charge is 0.451 e. The Morgan fingerprint density at radius 2 is 1.87 bits per heavy atom. The average molecular weight is 430 g/mol. The fourth-order valence-corrected chi connectivity index (χ4v) is 4.97. The van der Waals surface area contributed by atoms with Gasteiger partial charge in [0.15, 0.2) is 15.6 Å². The summed E-state index contributed by atoms with van der Waals surface area (Å²) in [4.78, 5) is 14.9. The Kier molecular flexibility index (Phi) is 5.64. The van der Waals surface area contributed by atoms with E-state index in [0.29, 0.717) is 35.5 Å². The number of hydrogen-bond acceptors (Lipinski definition) is 4. The Bertz CT molecular complexity index is 1180. The minimum atomic E-state index is -3.33. The van der Waals surface area contributed by atoms with Crippen LogP contribution < -0.4 is 0 Å². The lowest BCUT2D eigenvalue weighted by molar-refractivity contribution is 0.0659. The average Bonchev–Trinajstić information content (AvgIpc) is 3.05. The maximum atomic E-state index is 13.4. The molecule has 1 saturated heterocycles. The Labute approximate surface area is 175 Å². The molecule has 1 amide bonds. The topological polar surface area (TPSA) is 67.6 Å². The number of para-hydroxylation sites is 1. The fourth-order valence-electron chi connectivity index (χ4n) is 4.16. The predicted molar refractivity (Wildman–Crippen MR) is 113 cm³/mol. The van der Waals surface area contributed by atoms with E-state index in [9.17, 15) is 17.6 Å². The van der Waals surface area contributed by atoms with Crippen LogP contribution in [0.5, 0.6) is 0 Å². The van der Waals surface area contributed by atoms with Crippen LogP contribution in [0.4, 0.5) is 4.39 Å². The lowest BCUT2D eigenvalue weighted by Crippen LogP contribution is -2.39. The minimum absolute atomic E-state index is 0.116. The quantitative estimate of drug-likeness (QED) is 0.609. The van der Waals surface area contributed by atoms with Gasteiger partial charge in [0.05, 0.1) is 5.75 Å². The third kappa shape index (κ3) is 4.56. The lowest BCUT2D eigenvalue weighted by Gasteiger charge is -2.31. The van der Waals surface area contributed by atoms with Gasteiger partial charge in [-0.3, -0.25) is 4.79 Å². The number of halogens is 1. The molecule has 2 heterocycles. The summed E-state index contributed by atoms with van der Waals surface area (Å²) in [6, 6.07) is 13.7. The van der Waals surface area contributed by atoms with E-state index in [2.05, 4.69) is 0 Å². The molecule has 0 unspecified atom stereocenters. The number of fused-ring (bicyclic) bond motifs is 1. The second kappa shape index (κ2) is 8.22. The van der Waals surface area contributed by atoms with Crippen molar-refractivity contribution in [1.82, 2.24) is 4.90 Å². The minimum Gasteiger partial charge on any atom is -0.451 e. The molecule has 0 bridgehead atoms. The van der Waals surface area contributed by atoms with Crippen LogP contribution in [0, 0.1) is 11.7 Å². The number of sulfone groups is 1. The van der Waals surface area contributed by atoms with Crippen molar-refractivity contribution in [1.29, 1.82) is 0 Å². The van der Waals surface area contributed by atoms with E-state index >= 15 is 0 Å². The van der Waals surface area contributed by atoms with Gasteiger partial charge in [0.25, 0.3) is 5.91 Å². The Hall–Kier alpha value is -2.67. The summed E-state index contributed by atoms with van der Waals surface area (Å²) >= 11 is 0. The molecule has 7 heteroatoms. The van der Waals surface area contributed by atoms with Crippen molar-refractivity contribution in [3.8, 4) is 0 Å². The van der Waals surface area contributed by atoms with E-state index in [-0.39, 0.29) is 23.2 Å². The standard InChI is InChI=1S/C23H24FNO4S/c1-30(27,28)15-20-19-7-2-3-8-21(19)29-22(20)23(26)25-11-9-16(10-12-25)13-17-5-4-6-18(24)14-17/h2-8,14,16H,9-13,15H2,1H3. The molecule has 4 rings (SSSR count). The molecule has 30 heavy (non-hydrogen) atoms. The lowest BCUT2D eigenvalue weighted by atomic mass is 9.90. The summed E-state index contributed by atoms with van der Waals surface area (Å²) in [5, 5.41) is 0.660. The zero-order chi connectivity index (χ0) is 21.3. The molecule has 5 nitrogen and oxygen atoms in total. The second-order valence-corrected chi connectivity index (χ2v) is 10.2. The molecular formula is C23H24FNO4S. The first-order valence-corrected chi connectivity index (χ1v) is 12.1. The van der Waals surface area contributed by atoms with E-state index in [1.54, 1.807) is 41.3 Å². The summed E-state index contributed by atoms with van der Waals surface area (Å²) in [6.07, 6.45) is 3.55. The molecule has 1 aliphatic rings. The van der Waals surface area contributed by atoms with Crippen molar-refractivity contribution in [3.63, 3.8) is 0 Å². The van der Waals surface area contributed by atoms with Crippen LogP contribution >= 0.6 is 0 Å². The SMILES string of the molecule is CS(=O)(=O)Cc1c(C(=O)N2CCC(Cc3cccc(F)c3)CC2)oc2ccccc12. The van der Waals surface area contributed by atoms with Crippen LogP contribution in [0.3, 0.4) is 0 Å². The first-order valence-electron chi connectivity index (χ1n) is 10.0. The molecule has 0 aliphatic carbocycles. The number of rotatable bonds is 5. The molecular weight excluding hydrogens is 405 g/mol.